The van der Waals surface area contributed by atoms with Crippen molar-refractivity contribution in [1.82, 2.24) is 9.55 Å². The summed E-state index contributed by atoms with van der Waals surface area (Å²) in [5.41, 5.74) is -1.09. The van der Waals surface area contributed by atoms with Crippen LogP contribution in [0.15, 0.2) is 15.8 Å². The fourth-order valence-electron chi connectivity index (χ4n) is 1.62. The number of rotatable bonds is 1. The van der Waals surface area contributed by atoms with Crippen molar-refractivity contribution >= 4 is 22.6 Å². The minimum atomic E-state index is -0.948. The molecular weight excluding hydrogens is 341 g/mol. The minimum Gasteiger partial charge on any atom is -0.389 e. The lowest BCUT2D eigenvalue weighted by molar-refractivity contribution is 0.00852. The lowest BCUT2D eigenvalue weighted by Gasteiger charge is -2.12. The largest absolute Gasteiger partial charge is 0.389 e. The van der Waals surface area contributed by atoms with Gasteiger partial charge in [-0.05, 0) is 22.6 Å². The highest BCUT2D eigenvalue weighted by Crippen LogP contribution is 2.27. The van der Waals surface area contributed by atoms with E-state index in [2.05, 4.69) is 4.98 Å². The minimum absolute atomic E-state index is 0.139. The monoisotopic (exact) mass is 349 g/mol. The van der Waals surface area contributed by atoms with Crippen LogP contribution in [0, 0.1) is 14.9 Å². The Bertz CT molecular complexity index is 587. The molecule has 1 saturated heterocycles. The molecule has 1 aliphatic heterocycles. The molecule has 17 heavy (non-hydrogen) atoms. The van der Waals surface area contributed by atoms with Gasteiger partial charge in [0.15, 0.2) is 6.10 Å². The highest BCUT2D eigenvalue weighted by molar-refractivity contribution is 14.1. The number of aromatic amines is 1. The Morgan fingerprint density at radius 1 is 1.65 bits per heavy atom. The Hall–Kier alpha value is -1.18. The van der Waals surface area contributed by atoms with Gasteiger partial charge in [-0.2, -0.15) is 5.26 Å². The number of ether oxygens (including phenoxy) is 1. The predicted octanol–water partition coefficient (Wildman–Crippen LogP) is -0.687. The molecule has 0 amide bonds. The van der Waals surface area contributed by atoms with Crippen LogP contribution in [0.25, 0.3) is 0 Å². The molecule has 0 radical (unpaired) electrons. The van der Waals surface area contributed by atoms with Gasteiger partial charge < -0.3 is 9.84 Å². The first-order valence-corrected chi connectivity index (χ1v) is 5.85. The van der Waals surface area contributed by atoms with E-state index < -0.39 is 29.7 Å². The summed E-state index contributed by atoms with van der Waals surface area (Å²) in [7, 11) is 0. The molecule has 1 aromatic rings. The van der Waals surface area contributed by atoms with E-state index in [4.69, 9.17) is 10.00 Å². The van der Waals surface area contributed by atoms with E-state index in [1.165, 1.54) is 10.8 Å². The summed E-state index contributed by atoms with van der Waals surface area (Å²) in [4.78, 5) is 24.8. The number of nitrogens with one attached hydrogen (secondary N) is 1. The van der Waals surface area contributed by atoms with Crippen molar-refractivity contribution in [1.29, 1.82) is 5.26 Å². The van der Waals surface area contributed by atoms with Gasteiger partial charge in [-0.25, -0.2) is 4.79 Å². The first-order valence-electron chi connectivity index (χ1n) is 4.77. The Labute approximate surface area is 109 Å². The number of aliphatic hydroxyl groups excluding tert-OH is 1. The van der Waals surface area contributed by atoms with Crippen LogP contribution in [0.1, 0.15) is 12.6 Å². The Kier molecular flexibility index (Phi) is 3.32. The maximum atomic E-state index is 11.5. The van der Waals surface area contributed by atoms with Crippen LogP contribution in [-0.2, 0) is 4.74 Å². The van der Waals surface area contributed by atoms with Gasteiger partial charge in [0, 0.05) is 12.6 Å². The smallest absolute Gasteiger partial charge is 0.330 e. The van der Waals surface area contributed by atoms with Crippen molar-refractivity contribution in [3.63, 3.8) is 0 Å². The standard InChI is InChI=1S/C9H8IN3O4/c10-4-3-13(9(16)12-8(4)15)7-1-5(14)6(2-11)17-7/h3,5-7,14H,1H2,(H,12,15,16)/t5-,6+,7+/m0/s1. The quantitative estimate of drug-likeness (QED) is 0.653. The van der Waals surface area contributed by atoms with E-state index in [1.54, 1.807) is 28.7 Å². The number of H-pyrrole nitrogens is 1. The third kappa shape index (κ3) is 2.26. The van der Waals surface area contributed by atoms with Crippen molar-refractivity contribution in [3.8, 4) is 6.07 Å². The second-order valence-corrected chi connectivity index (χ2v) is 4.75. The van der Waals surface area contributed by atoms with Gasteiger partial charge in [-0.1, -0.05) is 0 Å². The first kappa shape index (κ1) is 12.3. The van der Waals surface area contributed by atoms with Crippen molar-refractivity contribution in [2.45, 2.75) is 24.9 Å². The summed E-state index contributed by atoms with van der Waals surface area (Å²) in [5.74, 6) is 0. The molecule has 0 saturated carbocycles. The van der Waals surface area contributed by atoms with Crippen molar-refractivity contribution in [2.24, 2.45) is 0 Å². The zero-order valence-electron chi connectivity index (χ0n) is 8.46. The van der Waals surface area contributed by atoms with Gasteiger partial charge in [0.1, 0.15) is 6.23 Å². The zero-order chi connectivity index (χ0) is 12.6. The summed E-state index contributed by atoms with van der Waals surface area (Å²) in [6, 6.07) is 1.80. The molecular formula is C9H8IN3O4. The number of halogens is 1. The molecule has 2 N–H and O–H groups in total. The average Bonchev–Trinajstić information content (AvgIpc) is 2.65. The molecule has 7 nitrogen and oxygen atoms in total. The highest BCUT2D eigenvalue weighted by Gasteiger charge is 2.35. The molecule has 2 rings (SSSR count). The SMILES string of the molecule is N#C[C@H]1O[C@@H](n2cc(I)c(=O)[nH]c2=O)C[C@@H]1O. The average molecular weight is 349 g/mol. The van der Waals surface area contributed by atoms with Gasteiger partial charge >= 0.3 is 5.69 Å². The summed E-state index contributed by atoms with van der Waals surface area (Å²) >= 11 is 1.79. The van der Waals surface area contributed by atoms with E-state index in [0.717, 1.165) is 0 Å². The number of nitrogens with zero attached hydrogens (tertiary/aromatic N) is 2. The maximum absolute atomic E-state index is 11.5. The second kappa shape index (κ2) is 4.59. The Balaban J connectivity index is 2.38. The van der Waals surface area contributed by atoms with Crippen LogP contribution < -0.4 is 11.2 Å². The molecule has 0 unspecified atom stereocenters. The molecule has 8 heteroatoms. The number of aromatic nitrogens is 2. The number of aliphatic hydroxyl groups is 1. The van der Waals surface area contributed by atoms with E-state index in [9.17, 15) is 14.7 Å². The van der Waals surface area contributed by atoms with E-state index in [1.807, 2.05) is 0 Å². The molecule has 0 aliphatic carbocycles. The maximum Gasteiger partial charge on any atom is 0.330 e. The lowest BCUT2D eigenvalue weighted by Crippen LogP contribution is -2.33. The van der Waals surface area contributed by atoms with Crippen molar-refractivity contribution in [3.05, 3.63) is 30.6 Å². The number of hydrogen-bond acceptors (Lipinski definition) is 5. The summed E-state index contributed by atoms with van der Waals surface area (Å²) in [6.07, 6.45) is -1.12. The molecule has 2 heterocycles. The number of hydrogen-bond donors (Lipinski definition) is 2. The van der Waals surface area contributed by atoms with Gasteiger partial charge in [-0.15, -0.1) is 0 Å². The first-order chi connectivity index (χ1) is 8.02. The van der Waals surface area contributed by atoms with Crippen LogP contribution in [0.2, 0.25) is 0 Å². The molecule has 90 valence electrons. The number of nitriles is 1. The van der Waals surface area contributed by atoms with Crippen LogP contribution in [0.5, 0.6) is 0 Å². The summed E-state index contributed by atoms with van der Waals surface area (Å²) in [5, 5.41) is 18.2. The fourth-order valence-corrected chi connectivity index (χ4v) is 2.05. The van der Waals surface area contributed by atoms with Gasteiger partial charge in [0.05, 0.1) is 15.7 Å². The van der Waals surface area contributed by atoms with Crippen LogP contribution in [0.4, 0.5) is 0 Å². The molecule has 1 fully saturated rings. The highest BCUT2D eigenvalue weighted by atomic mass is 127. The molecule has 1 aromatic heterocycles. The Morgan fingerprint density at radius 2 is 2.35 bits per heavy atom. The fraction of sp³-hybridized carbons (Fsp3) is 0.444. The topological polar surface area (TPSA) is 108 Å². The predicted molar refractivity (Wildman–Crippen MR) is 64.2 cm³/mol. The summed E-state index contributed by atoms with van der Waals surface area (Å²) < 4.78 is 6.72. The van der Waals surface area contributed by atoms with Gasteiger partial charge in [-0.3, -0.25) is 14.3 Å². The molecule has 1 aliphatic rings. The molecule has 0 aromatic carbocycles. The second-order valence-electron chi connectivity index (χ2n) is 3.59. The van der Waals surface area contributed by atoms with Crippen LogP contribution in [-0.4, -0.2) is 26.9 Å². The van der Waals surface area contributed by atoms with Crippen LogP contribution >= 0.6 is 22.6 Å². The van der Waals surface area contributed by atoms with E-state index in [-0.39, 0.29) is 6.42 Å². The van der Waals surface area contributed by atoms with Crippen molar-refractivity contribution in [2.75, 3.05) is 0 Å². The molecule has 0 bridgehead atoms. The molecule has 3 atom stereocenters. The zero-order valence-corrected chi connectivity index (χ0v) is 10.6. The van der Waals surface area contributed by atoms with Gasteiger partial charge in [0.25, 0.3) is 5.56 Å². The lowest BCUT2D eigenvalue weighted by atomic mass is 10.2. The van der Waals surface area contributed by atoms with Gasteiger partial charge in [0.2, 0.25) is 0 Å². The normalized spacial score (nSPS) is 27.9. The van der Waals surface area contributed by atoms with Crippen molar-refractivity contribution < 1.29 is 9.84 Å². The van der Waals surface area contributed by atoms with Crippen LogP contribution in [0.3, 0.4) is 0 Å². The van der Waals surface area contributed by atoms with E-state index in [0.29, 0.717) is 3.57 Å². The molecule has 0 spiro atoms. The Morgan fingerprint density at radius 3 is 2.94 bits per heavy atom. The third-order valence-corrected chi connectivity index (χ3v) is 3.23. The summed E-state index contributed by atoms with van der Waals surface area (Å²) in [6.45, 7) is 0. The third-order valence-electron chi connectivity index (χ3n) is 2.46. The van der Waals surface area contributed by atoms with E-state index >= 15 is 0 Å².